The first-order valence-corrected chi connectivity index (χ1v) is 9.42. The molecular weight excluding hydrogens is 354 g/mol. The predicted octanol–water partition coefficient (Wildman–Crippen LogP) is 2.38. The van der Waals surface area contributed by atoms with Crippen LogP contribution in [-0.4, -0.2) is 45.9 Å². The van der Waals surface area contributed by atoms with Crippen molar-refractivity contribution in [3.63, 3.8) is 0 Å². The van der Waals surface area contributed by atoms with E-state index in [1.54, 1.807) is 38.3 Å². The summed E-state index contributed by atoms with van der Waals surface area (Å²) in [5, 5.41) is 5.81. The van der Waals surface area contributed by atoms with Gasteiger partial charge in [-0.3, -0.25) is 4.79 Å². The van der Waals surface area contributed by atoms with E-state index in [2.05, 4.69) is 10.6 Å². The van der Waals surface area contributed by atoms with Gasteiger partial charge in [-0.2, -0.15) is 0 Å². The SMILES string of the molecule is COc1ccc(N[C@H](C)C(=O)Nc2cccc(S(=O)(=O)N(C)C)c2)cc1. The highest BCUT2D eigenvalue weighted by molar-refractivity contribution is 7.89. The van der Waals surface area contributed by atoms with E-state index in [-0.39, 0.29) is 10.8 Å². The van der Waals surface area contributed by atoms with Crippen LogP contribution < -0.4 is 15.4 Å². The largest absolute Gasteiger partial charge is 0.497 e. The van der Waals surface area contributed by atoms with Gasteiger partial charge in [0.05, 0.1) is 12.0 Å². The molecule has 0 unspecified atom stereocenters. The molecule has 2 N–H and O–H groups in total. The van der Waals surface area contributed by atoms with Gasteiger partial charge in [0.25, 0.3) is 0 Å². The molecule has 0 aromatic heterocycles. The van der Waals surface area contributed by atoms with Crippen LogP contribution in [0.1, 0.15) is 6.92 Å². The number of methoxy groups -OCH3 is 1. The lowest BCUT2D eigenvalue weighted by Gasteiger charge is -2.16. The first-order valence-electron chi connectivity index (χ1n) is 7.98. The first kappa shape index (κ1) is 19.7. The Morgan fingerprint density at radius 3 is 2.31 bits per heavy atom. The van der Waals surface area contributed by atoms with Gasteiger partial charge in [0.2, 0.25) is 15.9 Å². The summed E-state index contributed by atoms with van der Waals surface area (Å²) in [5.74, 6) is 0.451. The average Bonchev–Trinajstić information content (AvgIpc) is 2.62. The topological polar surface area (TPSA) is 87.7 Å². The van der Waals surface area contributed by atoms with Crippen LogP contribution in [-0.2, 0) is 14.8 Å². The summed E-state index contributed by atoms with van der Waals surface area (Å²) < 4.78 is 30.6. The van der Waals surface area contributed by atoms with Crippen molar-refractivity contribution < 1.29 is 17.9 Å². The van der Waals surface area contributed by atoms with Gasteiger partial charge >= 0.3 is 0 Å². The molecule has 0 spiro atoms. The zero-order valence-electron chi connectivity index (χ0n) is 15.2. The molecule has 0 saturated heterocycles. The van der Waals surface area contributed by atoms with Crippen LogP contribution in [0.2, 0.25) is 0 Å². The number of nitrogens with one attached hydrogen (secondary N) is 2. The van der Waals surface area contributed by atoms with Crippen molar-refractivity contribution in [2.75, 3.05) is 31.8 Å². The fourth-order valence-corrected chi connectivity index (χ4v) is 3.15. The number of rotatable bonds is 7. The normalized spacial score (nSPS) is 12.5. The molecule has 1 atom stereocenters. The maximum atomic E-state index is 12.4. The number of amides is 1. The Balaban J connectivity index is 2.06. The Hall–Kier alpha value is -2.58. The minimum Gasteiger partial charge on any atom is -0.497 e. The number of ether oxygens (including phenoxy) is 1. The molecule has 0 bridgehead atoms. The summed E-state index contributed by atoms with van der Waals surface area (Å²) >= 11 is 0. The van der Waals surface area contributed by atoms with E-state index in [1.165, 1.54) is 26.2 Å². The molecule has 0 aliphatic heterocycles. The molecular formula is C18H23N3O4S. The van der Waals surface area contributed by atoms with E-state index in [9.17, 15) is 13.2 Å². The maximum absolute atomic E-state index is 12.4. The number of hydrogen-bond acceptors (Lipinski definition) is 5. The fourth-order valence-electron chi connectivity index (χ4n) is 2.20. The lowest BCUT2D eigenvalue weighted by molar-refractivity contribution is -0.116. The maximum Gasteiger partial charge on any atom is 0.246 e. The summed E-state index contributed by atoms with van der Waals surface area (Å²) in [6, 6.07) is 12.9. The van der Waals surface area contributed by atoms with Gasteiger partial charge in [-0.1, -0.05) is 6.07 Å². The van der Waals surface area contributed by atoms with Crippen molar-refractivity contribution in [1.82, 2.24) is 4.31 Å². The third-order valence-corrected chi connectivity index (χ3v) is 5.56. The highest BCUT2D eigenvalue weighted by Crippen LogP contribution is 2.19. The Labute approximate surface area is 154 Å². The van der Waals surface area contributed by atoms with Crippen LogP contribution in [0.25, 0.3) is 0 Å². The van der Waals surface area contributed by atoms with E-state index in [0.29, 0.717) is 5.69 Å². The van der Waals surface area contributed by atoms with Crippen LogP contribution in [0, 0.1) is 0 Å². The summed E-state index contributed by atoms with van der Waals surface area (Å²) in [6.45, 7) is 1.72. The van der Waals surface area contributed by atoms with Gasteiger partial charge in [-0.05, 0) is 49.4 Å². The number of benzene rings is 2. The second-order valence-electron chi connectivity index (χ2n) is 5.90. The van der Waals surface area contributed by atoms with Crippen LogP contribution in [0.4, 0.5) is 11.4 Å². The standard InChI is InChI=1S/C18H23N3O4S/c1-13(19-14-8-10-16(25-4)11-9-14)18(22)20-15-6-5-7-17(12-15)26(23,24)21(2)3/h5-13,19H,1-4H3,(H,20,22)/t13-/m1/s1. The molecule has 0 saturated carbocycles. The fraction of sp³-hybridized carbons (Fsp3) is 0.278. The van der Waals surface area contributed by atoms with E-state index in [1.807, 2.05) is 12.1 Å². The lowest BCUT2D eigenvalue weighted by atomic mass is 10.2. The van der Waals surface area contributed by atoms with Gasteiger partial charge in [0.1, 0.15) is 11.8 Å². The molecule has 0 fully saturated rings. The number of carbonyl (C=O) groups excluding carboxylic acids is 1. The molecule has 2 aromatic rings. The molecule has 0 aliphatic carbocycles. The Morgan fingerprint density at radius 2 is 1.73 bits per heavy atom. The van der Waals surface area contributed by atoms with Gasteiger partial charge < -0.3 is 15.4 Å². The van der Waals surface area contributed by atoms with Crippen molar-refractivity contribution >= 4 is 27.3 Å². The lowest BCUT2D eigenvalue weighted by Crippen LogP contribution is -2.32. The van der Waals surface area contributed by atoms with E-state index < -0.39 is 16.1 Å². The van der Waals surface area contributed by atoms with Gasteiger partial charge in [0, 0.05) is 25.5 Å². The van der Waals surface area contributed by atoms with Crippen LogP contribution >= 0.6 is 0 Å². The van der Waals surface area contributed by atoms with Gasteiger partial charge in [-0.15, -0.1) is 0 Å². The minimum atomic E-state index is -3.56. The molecule has 8 heteroatoms. The molecule has 7 nitrogen and oxygen atoms in total. The zero-order valence-corrected chi connectivity index (χ0v) is 16.0. The van der Waals surface area contributed by atoms with Crippen molar-refractivity contribution in [1.29, 1.82) is 0 Å². The number of hydrogen-bond donors (Lipinski definition) is 2. The number of anilines is 2. The van der Waals surface area contributed by atoms with Crippen molar-refractivity contribution in [3.05, 3.63) is 48.5 Å². The Bertz CT molecular complexity index is 864. The zero-order chi connectivity index (χ0) is 19.3. The highest BCUT2D eigenvalue weighted by atomic mass is 32.2. The van der Waals surface area contributed by atoms with Gasteiger partial charge in [-0.25, -0.2) is 12.7 Å². The molecule has 26 heavy (non-hydrogen) atoms. The number of carbonyl (C=O) groups is 1. The van der Waals surface area contributed by atoms with Crippen molar-refractivity contribution in [3.8, 4) is 5.75 Å². The summed E-state index contributed by atoms with van der Waals surface area (Å²) in [5.41, 5.74) is 1.19. The smallest absolute Gasteiger partial charge is 0.246 e. The predicted molar refractivity (Wildman–Crippen MR) is 102 cm³/mol. The third kappa shape index (κ3) is 4.74. The monoisotopic (exact) mass is 377 g/mol. The Kier molecular flexibility index (Phi) is 6.23. The van der Waals surface area contributed by atoms with E-state index in [4.69, 9.17) is 4.74 Å². The second-order valence-corrected chi connectivity index (χ2v) is 8.05. The summed E-state index contributed by atoms with van der Waals surface area (Å²) in [6.07, 6.45) is 0. The van der Waals surface area contributed by atoms with Crippen LogP contribution in [0.5, 0.6) is 5.75 Å². The summed E-state index contributed by atoms with van der Waals surface area (Å²) in [7, 11) is 0.950. The van der Waals surface area contributed by atoms with Crippen LogP contribution in [0.15, 0.2) is 53.4 Å². The molecule has 140 valence electrons. The minimum absolute atomic E-state index is 0.121. The number of nitrogens with zero attached hydrogens (tertiary/aromatic N) is 1. The second kappa shape index (κ2) is 8.20. The molecule has 0 heterocycles. The van der Waals surface area contributed by atoms with E-state index >= 15 is 0 Å². The first-order chi connectivity index (χ1) is 12.2. The molecule has 1 amide bonds. The molecule has 2 aromatic carbocycles. The number of sulfonamides is 1. The van der Waals surface area contributed by atoms with Gasteiger partial charge in [0.15, 0.2) is 0 Å². The molecule has 0 aliphatic rings. The average molecular weight is 377 g/mol. The highest BCUT2D eigenvalue weighted by Gasteiger charge is 2.18. The van der Waals surface area contributed by atoms with Crippen LogP contribution in [0.3, 0.4) is 0 Å². The van der Waals surface area contributed by atoms with E-state index in [0.717, 1.165) is 15.7 Å². The van der Waals surface area contributed by atoms with Crippen molar-refractivity contribution in [2.45, 2.75) is 17.9 Å². The molecule has 0 radical (unpaired) electrons. The summed E-state index contributed by atoms with van der Waals surface area (Å²) in [4.78, 5) is 12.5. The quantitative estimate of drug-likeness (QED) is 0.774. The van der Waals surface area contributed by atoms with Crippen molar-refractivity contribution in [2.24, 2.45) is 0 Å². The molecule has 2 rings (SSSR count). The third-order valence-electron chi connectivity index (χ3n) is 3.75. The Morgan fingerprint density at radius 1 is 1.08 bits per heavy atom.